The van der Waals surface area contributed by atoms with E-state index in [-0.39, 0.29) is 12.6 Å². The number of hydrogen-bond donors (Lipinski definition) is 2. The Kier molecular flexibility index (Phi) is 4.02. The molecule has 13 heavy (non-hydrogen) atoms. The maximum absolute atomic E-state index is 11.3. The van der Waals surface area contributed by atoms with E-state index in [9.17, 15) is 4.79 Å². The van der Waals surface area contributed by atoms with Crippen molar-refractivity contribution in [3.05, 3.63) is 0 Å². The summed E-state index contributed by atoms with van der Waals surface area (Å²) >= 11 is 0. The summed E-state index contributed by atoms with van der Waals surface area (Å²) in [5.41, 5.74) is 0. The van der Waals surface area contributed by atoms with Crippen molar-refractivity contribution in [1.29, 1.82) is 0 Å². The van der Waals surface area contributed by atoms with Gasteiger partial charge in [-0.15, -0.1) is 0 Å². The highest BCUT2D eigenvalue weighted by Gasteiger charge is 2.21. The third-order valence-corrected chi connectivity index (χ3v) is 2.49. The summed E-state index contributed by atoms with van der Waals surface area (Å²) in [7, 11) is 0. The van der Waals surface area contributed by atoms with Crippen molar-refractivity contribution in [2.45, 2.75) is 19.8 Å². The Morgan fingerprint density at radius 2 is 2.15 bits per heavy atom. The van der Waals surface area contributed by atoms with Crippen LogP contribution in [0.3, 0.4) is 0 Å². The molecule has 0 aromatic heterocycles. The molecule has 1 heterocycles. The van der Waals surface area contributed by atoms with Gasteiger partial charge >= 0.3 is 6.03 Å². The van der Waals surface area contributed by atoms with E-state index in [0.29, 0.717) is 12.5 Å². The van der Waals surface area contributed by atoms with Crippen LogP contribution in [0, 0.1) is 5.92 Å². The third-order valence-electron chi connectivity index (χ3n) is 2.49. The van der Waals surface area contributed by atoms with E-state index in [1.807, 2.05) is 11.8 Å². The van der Waals surface area contributed by atoms with Gasteiger partial charge in [-0.2, -0.15) is 0 Å². The maximum atomic E-state index is 11.3. The zero-order valence-electron chi connectivity index (χ0n) is 8.12. The van der Waals surface area contributed by atoms with Crippen LogP contribution in [0.5, 0.6) is 0 Å². The largest absolute Gasteiger partial charge is 0.396 e. The number of nitrogens with one attached hydrogen (secondary N) is 1. The van der Waals surface area contributed by atoms with Gasteiger partial charge in [0.15, 0.2) is 0 Å². The molecule has 1 aliphatic heterocycles. The van der Waals surface area contributed by atoms with Crippen LogP contribution < -0.4 is 5.32 Å². The number of amides is 2. The van der Waals surface area contributed by atoms with Crippen LogP contribution in [-0.4, -0.2) is 42.3 Å². The number of carbonyl (C=O) groups excluding carboxylic acids is 1. The summed E-state index contributed by atoms with van der Waals surface area (Å²) in [5.74, 6) is 0.394. The lowest BCUT2D eigenvalue weighted by Gasteiger charge is -2.30. The molecule has 4 heteroatoms. The monoisotopic (exact) mass is 186 g/mol. The zero-order valence-corrected chi connectivity index (χ0v) is 8.12. The Bertz CT molecular complexity index is 165. The Balaban J connectivity index is 2.28. The second-order valence-corrected chi connectivity index (χ2v) is 3.45. The molecule has 0 radical (unpaired) electrons. The second-order valence-electron chi connectivity index (χ2n) is 3.45. The van der Waals surface area contributed by atoms with Gasteiger partial charge in [0.1, 0.15) is 0 Å². The number of piperidine rings is 1. The first-order valence-corrected chi connectivity index (χ1v) is 4.91. The molecule has 0 aromatic carbocycles. The molecule has 0 atom stereocenters. The molecule has 76 valence electrons. The van der Waals surface area contributed by atoms with Crippen molar-refractivity contribution in [2.24, 2.45) is 5.92 Å². The van der Waals surface area contributed by atoms with Crippen molar-refractivity contribution in [1.82, 2.24) is 10.2 Å². The minimum absolute atomic E-state index is 0.0267. The smallest absolute Gasteiger partial charge is 0.317 e. The summed E-state index contributed by atoms with van der Waals surface area (Å²) < 4.78 is 0. The summed E-state index contributed by atoms with van der Waals surface area (Å²) in [6.07, 6.45) is 1.85. The SMILES string of the molecule is CCNC(=O)N1CCC(CO)CC1. The van der Waals surface area contributed by atoms with Crippen molar-refractivity contribution in [3.8, 4) is 0 Å². The molecule has 4 nitrogen and oxygen atoms in total. The first kappa shape index (κ1) is 10.3. The molecule has 0 aromatic rings. The predicted octanol–water partition coefficient (Wildman–Crippen LogP) is 0.420. The average molecular weight is 186 g/mol. The van der Waals surface area contributed by atoms with E-state index in [2.05, 4.69) is 5.32 Å². The zero-order chi connectivity index (χ0) is 9.68. The molecule has 2 amide bonds. The van der Waals surface area contributed by atoms with E-state index in [4.69, 9.17) is 5.11 Å². The normalized spacial score (nSPS) is 18.8. The van der Waals surface area contributed by atoms with E-state index in [1.54, 1.807) is 0 Å². The molecule has 1 saturated heterocycles. The fourth-order valence-corrected chi connectivity index (χ4v) is 1.58. The molecular formula is C9H18N2O2. The topological polar surface area (TPSA) is 52.6 Å². The van der Waals surface area contributed by atoms with Crippen LogP contribution in [0.4, 0.5) is 4.79 Å². The van der Waals surface area contributed by atoms with Crippen molar-refractivity contribution in [3.63, 3.8) is 0 Å². The lowest BCUT2D eigenvalue weighted by molar-refractivity contribution is 0.137. The van der Waals surface area contributed by atoms with Gasteiger partial charge in [0.05, 0.1) is 0 Å². The van der Waals surface area contributed by atoms with Gasteiger partial charge in [-0.25, -0.2) is 4.79 Å². The van der Waals surface area contributed by atoms with Gasteiger partial charge in [-0.3, -0.25) is 0 Å². The van der Waals surface area contributed by atoms with Crippen LogP contribution >= 0.6 is 0 Å². The number of likely N-dealkylation sites (tertiary alicyclic amines) is 1. The first-order valence-electron chi connectivity index (χ1n) is 4.91. The number of rotatable bonds is 2. The van der Waals surface area contributed by atoms with Crippen LogP contribution in [0.1, 0.15) is 19.8 Å². The molecule has 0 saturated carbocycles. The van der Waals surface area contributed by atoms with Gasteiger partial charge in [-0.1, -0.05) is 0 Å². The van der Waals surface area contributed by atoms with Gasteiger partial charge < -0.3 is 15.3 Å². The summed E-state index contributed by atoms with van der Waals surface area (Å²) in [6, 6.07) is 0.0267. The number of aliphatic hydroxyl groups is 1. The van der Waals surface area contributed by atoms with Crippen molar-refractivity contribution >= 4 is 6.03 Å². The molecule has 1 aliphatic rings. The highest BCUT2D eigenvalue weighted by atomic mass is 16.3. The van der Waals surface area contributed by atoms with Gasteiger partial charge in [-0.05, 0) is 25.7 Å². The number of carbonyl (C=O) groups is 1. The highest BCUT2D eigenvalue weighted by molar-refractivity contribution is 5.74. The van der Waals surface area contributed by atoms with E-state index in [1.165, 1.54) is 0 Å². The average Bonchev–Trinajstić information content (AvgIpc) is 2.18. The van der Waals surface area contributed by atoms with Crippen LogP contribution in [-0.2, 0) is 0 Å². The predicted molar refractivity (Wildman–Crippen MR) is 50.5 cm³/mol. The van der Waals surface area contributed by atoms with E-state index < -0.39 is 0 Å². The number of nitrogens with zero attached hydrogens (tertiary/aromatic N) is 1. The maximum Gasteiger partial charge on any atom is 0.317 e. The molecule has 1 rings (SSSR count). The first-order chi connectivity index (χ1) is 6.27. The highest BCUT2D eigenvalue weighted by Crippen LogP contribution is 2.15. The van der Waals surface area contributed by atoms with Gasteiger partial charge in [0.25, 0.3) is 0 Å². The van der Waals surface area contributed by atoms with Gasteiger partial charge in [0, 0.05) is 26.2 Å². The minimum Gasteiger partial charge on any atom is -0.396 e. The fourth-order valence-electron chi connectivity index (χ4n) is 1.58. The minimum atomic E-state index is 0.0267. The number of hydrogen-bond acceptors (Lipinski definition) is 2. The molecule has 2 N–H and O–H groups in total. The quantitative estimate of drug-likeness (QED) is 0.656. The Morgan fingerprint density at radius 3 is 2.62 bits per heavy atom. The second kappa shape index (κ2) is 5.07. The van der Waals surface area contributed by atoms with Gasteiger partial charge in [0.2, 0.25) is 0 Å². The summed E-state index contributed by atoms with van der Waals surface area (Å²) in [6.45, 7) is 4.40. The molecular weight excluding hydrogens is 168 g/mol. The van der Waals surface area contributed by atoms with Crippen LogP contribution in [0.25, 0.3) is 0 Å². The standard InChI is InChI=1S/C9H18N2O2/c1-2-10-9(13)11-5-3-8(7-12)4-6-11/h8,12H,2-7H2,1H3,(H,10,13). The van der Waals surface area contributed by atoms with Crippen molar-refractivity contribution < 1.29 is 9.90 Å². The third kappa shape index (κ3) is 2.88. The fraction of sp³-hybridized carbons (Fsp3) is 0.889. The van der Waals surface area contributed by atoms with Crippen LogP contribution in [0.15, 0.2) is 0 Å². The Morgan fingerprint density at radius 1 is 1.54 bits per heavy atom. The number of urea groups is 1. The molecule has 0 unspecified atom stereocenters. The Hall–Kier alpha value is -0.770. The number of aliphatic hydroxyl groups excluding tert-OH is 1. The van der Waals surface area contributed by atoms with Crippen molar-refractivity contribution in [2.75, 3.05) is 26.2 Å². The summed E-state index contributed by atoms with van der Waals surface area (Å²) in [5, 5.41) is 11.7. The van der Waals surface area contributed by atoms with E-state index in [0.717, 1.165) is 25.9 Å². The van der Waals surface area contributed by atoms with Crippen LogP contribution in [0.2, 0.25) is 0 Å². The summed E-state index contributed by atoms with van der Waals surface area (Å²) in [4.78, 5) is 13.2. The Labute approximate surface area is 78.9 Å². The molecule has 0 spiro atoms. The lowest BCUT2D eigenvalue weighted by Crippen LogP contribution is -2.44. The van der Waals surface area contributed by atoms with E-state index >= 15 is 0 Å². The molecule has 0 bridgehead atoms. The lowest BCUT2D eigenvalue weighted by atomic mass is 9.98. The molecule has 1 fully saturated rings. The molecule has 0 aliphatic carbocycles.